The first-order valence-corrected chi connectivity index (χ1v) is 8.03. The SMILES string of the molecule is Cc1cccnc1Nc1ncnc(NCCCn2ccnc2)c1[N+](=O)[O-]. The predicted octanol–water partition coefficient (Wildman–Crippen LogP) is 2.53. The second kappa shape index (κ2) is 8.01. The van der Waals surface area contributed by atoms with Crippen LogP contribution in [0.5, 0.6) is 0 Å². The van der Waals surface area contributed by atoms with Crippen LogP contribution in [-0.2, 0) is 6.54 Å². The Kier molecular flexibility index (Phi) is 5.32. The third-order valence-corrected chi connectivity index (χ3v) is 3.70. The third-order valence-electron chi connectivity index (χ3n) is 3.70. The van der Waals surface area contributed by atoms with Crippen LogP contribution in [0.1, 0.15) is 12.0 Å². The Balaban J connectivity index is 1.73. The molecule has 3 rings (SSSR count). The van der Waals surface area contributed by atoms with E-state index in [1.165, 1.54) is 6.33 Å². The topological polar surface area (TPSA) is 124 Å². The summed E-state index contributed by atoms with van der Waals surface area (Å²) in [4.78, 5) is 27.2. The zero-order valence-corrected chi connectivity index (χ0v) is 14.2. The number of aromatic nitrogens is 5. The standard InChI is InChI=1S/C16H18N8O2/c1-12-4-2-5-18-14(12)22-16-13(24(25)26)15(20-10-21-16)19-6-3-8-23-9-7-17-11-23/h2,4-5,7,9-11H,3,6,8H2,1H3,(H2,18,19,20,21,22). The van der Waals surface area contributed by atoms with Crippen LogP contribution in [0, 0.1) is 17.0 Å². The summed E-state index contributed by atoms with van der Waals surface area (Å²) < 4.78 is 1.94. The van der Waals surface area contributed by atoms with E-state index in [4.69, 9.17) is 0 Å². The Morgan fingerprint density at radius 3 is 2.77 bits per heavy atom. The lowest BCUT2D eigenvalue weighted by Gasteiger charge is -2.11. The third kappa shape index (κ3) is 4.09. The van der Waals surface area contributed by atoms with Gasteiger partial charge in [0.2, 0.25) is 11.6 Å². The van der Waals surface area contributed by atoms with Crippen LogP contribution >= 0.6 is 0 Å². The normalized spacial score (nSPS) is 10.5. The van der Waals surface area contributed by atoms with Gasteiger partial charge in [0.15, 0.2) is 0 Å². The summed E-state index contributed by atoms with van der Waals surface area (Å²) in [6.45, 7) is 3.14. The molecule has 134 valence electrons. The van der Waals surface area contributed by atoms with Crippen molar-refractivity contribution in [2.75, 3.05) is 17.2 Å². The van der Waals surface area contributed by atoms with Crippen molar-refractivity contribution in [2.24, 2.45) is 0 Å². The Morgan fingerprint density at radius 2 is 2.04 bits per heavy atom. The van der Waals surface area contributed by atoms with E-state index < -0.39 is 4.92 Å². The first-order chi connectivity index (χ1) is 12.6. The van der Waals surface area contributed by atoms with Gasteiger partial charge in [0.05, 0.1) is 11.3 Å². The predicted molar refractivity (Wildman–Crippen MR) is 96.3 cm³/mol. The fourth-order valence-electron chi connectivity index (χ4n) is 2.39. The molecule has 0 amide bonds. The lowest BCUT2D eigenvalue weighted by atomic mass is 10.3. The number of imidazole rings is 1. The number of hydrogen-bond donors (Lipinski definition) is 2. The lowest BCUT2D eigenvalue weighted by Crippen LogP contribution is -2.11. The van der Waals surface area contributed by atoms with Crippen LogP contribution in [-0.4, -0.2) is 36.0 Å². The van der Waals surface area contributed by atoms with Crippen LogP contribution < -0.4 is 10.6 Å². The van der Waals surface area contributed by atoms with Crippen molar-refractivity contribution >= 4 is 23.1 Å². The van der Waals surface area contributed by atoms with E-state index in [0.29, 0.717) is 12.4 Å². The highest BCUT2D eigenvalue weighted by atomic mass is 16.6. The van der Waals surface area contributed by atoms with Crippen LogP contribution in [0.3, 0.4) is 0 Å². The number of hydrogen-bond acceptors (Lipinski definition) is 8. The number of nitrogens with zero attached hydrogens (tertiary/aromatic N) is 6. The molecular weight excluding hydrogens is 336 g/mol. The molecule has 3 aromatic heterocycles. The smallest absolute Gasteiger partial charge is 0.353 e. The molecule has 10 nitrogen and oxygen atoms in total. The Morgan fingerprint density at radius 1 is 1.19 bits per heavy atom. The fraction of sp³-hybridized carbons (Fsp3) is 0.250. The van der Waals surface area contributed by atoms with E-state index in [0.717, 1.165) is 18.5 Å². The van der Waals surface area contributed by atoms with Gasteiger partial charge in [0.1, 0.15) is 12.1 Å². The second-order valence-electron chi connectivity index (χ2n) is 5.55. The van der Waals surface area contributed by atoms with Crippen LogP contribution in [0.2, 0.25) is 0 Å². The molecule has 10 heteroatoms. The van der Waals surface area contributed by atoms with E-state index in [1.54, 1.807) is 24.8 Å². The van der Waals surface area contributed by atoms with Gasteiger partial charge < -0.3 is 15.2 Å². The highest BCUT2D eigenvalue weighted by molar-refractivity contribution is 5.73. The van der Waals surface area contributed by atoms with Gasteiger partial charge in [0.25, 0.3) is 0 Å². The molecule has 0 aliphatic carbocycles. The largest absolute Gasteiger partial charge is 0.364 e. The summed E-state index contributed by atoms with van der Waals surface area (Å²) in [5.41, 5.74) is 0.649. The highest BCUT2D eigenvalue weighted by Gasteiger charge is 2.23. The van der Waals surface area contributed by atoms with Crippen molar-refractivity contribution in [2.45, 2.75) is 19.9 Å². The van der Waals surface area contributed by atoms with Gasteiger partial charge in [-0.2, -0.15) is 0 Å². The van der Waals surface area contributed by atoms with Gasteiger partial charge >= 0.3 is 5.69 Å². The second-order valence-corrected chi connectivity index (χ2v) is 5.55. The van der Waals surface area contributed by atoms with Crippen molar-refractivity contribution < 1.29 is 4.92 Å². The molecule has 3 aromatic rings. The molecule has 0 saturated carbocycles. The zero-order valence-electron chi connectivity index (χ0n) is 14.2. The van der Waals surface area contributed by atoms with E-state index in [-0.39, 0.29) is 17.3 Å². The van der Waals surface area contributed by atoms with E-state index in [1.807, 2.05) is 23.8 Å². The average molecular weight is 354 g/mol. The van der Waals surface area contributed by atoms with Gasteiger partial charge in [-0.25, -0.2) is 19.9 Å². The summed E-state index contributed by atoms with van der Waals surface area (Å²) in [5.74, 6) is 0.788. The molecule has 0 saturated heterocycles. The fourth-order valence-corrected chi connectivity index (χ4v) is 2.39. The van der Waals surface area contributed by atoms with Crippen LogP contribution in [0.15, 0.2) is 43.4 Å². The molecule has 0 atom stereocenters. The summed E-state index contributed by atoms with van der Waals surface area (Å²) >= 11 is 0. The van der Waals surface area contributed by atoms with Crippen molar-refractivity contribution in [1.29, 1.82) is 0 Å². The molecule has 0 aromatic carbocycles. The Labute approximate surface area is 149 Å². The van der Waals surface area contributed by atoms with Crippen molar-refractivity contribution in [1.82, 2.24) is 24.5 Å². The van der Waals surface area contributed by atoms with Crippen LogP contribution in [0.4, 0.5) is 23.1 Å². The maximum Gasteiger partial charge on any atom is 0.353 e. The van der Waals surface area contributed by atoms with Gasteiger partial charge in [-0.05, 0) is 25.0 Å². The summed E-state index contributed by atoms with van der Waals surface area (Å²) in [6.07, 6.45) is 8.96. The minimum atomic E-state index is -0.501. The van der Waals surface area contributed by atoms with Crippen molar-refractivity contribution in [3.8, 4) is 0 Å². The maximum atomic E-state index is 11.5. The maximum absolute atomic E-state index is 11.5. The minimum absolute atomic E-state index is 0.101. The number of pyridine rings is 1. The molecule has 0 spiro atoms. The quantitative estimate of drug-likeness (QED) is 0.359. The van der Waals surface area contributed by atoms with Gasteiger partial charge in [-0.15, -0.1) is 0 Å². The molecule has 0 fully saturated rings. The first-order valence-electron chi connectivity index (χ1n) is 8.03. The number of aryl methyl sites for hydroxylation is 2. The van der Waals surface area contributed by atoms with E-state index >= 15 is 0 Å². The van der Waals surface area contributed by atoms with Crippen molar-refractivity contribution in [3.05, 3.63) is 59.1 Å². The average Bonchev–Trinajstić information content (AvgIpc) is 3.14. The van der Waals surface area contributed by atoms with Gasteiger partial charge in [0, 0.05) is 31.7 Å². The molecular formula is C16H18N8O2. The highest BCUT2D eigenvalue weighted by Crippen LogP contribution is 2.31. The number of rotatable bonds is 8. The van der Waals surface area contributed by atoms with E-state index in [2.05, 4.69) is 30.6 Å². The molecule has 0 aliphatic rings. The molecule has 3 heterocycles. The van der Waals surface area contributed by atoms with Crippen molar-refractivity contribution in [3.63, 3.8) is 0 Å². The first kappa shape index (κ1) is 17.3. The lowest BCUT2D eigenvalue weighted by molar-refractivity contribution is -0.383. The van der Waals surface area contributed by atoms with E-state index in [9.17, 15) is 10.1 Å². The number of nitrogens with one attached hydrogen (secondary N) is 2. The summed E-state index contributed by atoms with van der Waals surface area (Å²) in [6, 6.07) is 3.65. The van der Waals surface area contributed by atoms with Crippen LogP contribution in [0.25, 0.3) is 0 Å². The Bertz CT molecular complexity index is 882. The zero-order chi connectivity index (χ0) is 18.4. The monoisotopic (exact) mass is 354 g/mol. The summed E-state index contributed by atoms with van der Waals surface area (Å²) in [5, 5.41) is 17.5. The molecule has 0 bridgehead atoms. The molecule has 0 aliphatic heterocycles. The minimum Gasteiger partial charge on any atom is -0.364 e. The molecule has 0 unspecified atom stereocenters. The molecule has 2 N–H and O–H groups in total. The van der Waals surface area contributed by atoms with Gasteiger partial charge in [-0.1, -0.05) is 6.07 Å². The van der Waals surface area contributed by atoms with Gasteiger partial charge in [-0.3, -0.25) is 10.1 Å². The molecule has 0 radical (unpaired) electrons. The summed E-state index contributed by atoms with van der Waals surface area (Å²) in [7, 11) is 0. The number of nitro groups is 1. The number of anilines is 3. The Hall–Kier alpha value is -3.56. The molecule has 26 heavy (non-hydrogen) atoms.